The van der Waals surface area contributed by atoms with Crippen LogP contribution in [0.4, 0.5) is 0 Å². The maximum Gasteiger partial charge on any atom is 0.251 e. The van der Waals surface area contributed by atoms with Crippen LogP contribution in [0.1, 0.15) is 24.2 Å². The highest BCUT2D eigenvalue weighted by molar-refractivity contribution is 5.94. The first kappa shape index (κ1) is 34.7. The first-order chi connectivity index (χ1) is 19.1. The van der Waals surface area contributed by atoms with Crippen molar-refractivity contribution in [3.05, 3.63) is 29.8 Å². The zero-order chi connectivity index (χ0) is 28.2. The molecule has 0 spiro atoms. The van der Waals surface area contributed by atoms with Gasteiger partial charge in [0, 0.05) is 25.6 Å². The summed E-state index contributed by atoms with van der Waals surface area (Å²) in [4.78, 5) is 22.8. The summed E-state index contributed by atoms with van der Waals surface area (Å²) in [6.45, 7) is 11.5. The lowest BCUT2D eigenvalue weighted by Crippen LogP contribution is -2.27. The molecule has 0 atom stereocenters. The average molecular weight is 559 g/mol. The van der Waals surface area contributed by atoms with Crippen LogP contribution in [0.2, 0.25) is 0 Å². The highest BCUT2D eigenvalue weighted by Crippen LogP contribution is 2.12. The molecule has 1 aromatic rings. The van der Waals surface area contributed by atoms with Gasteiger partial charge in [-0.25, -0.2) is 0 Å². The summed E-state index contributed by atoms with van der Waals surface area (Å²) in [6, 6.07) is 7.07. The molecular formula is C27H46N2O10. The molecule has 12 nitrogen and oxygen atoms in total. The van der Waals surface area contributed by atoms with Gasteiger partial charge in [-0.3, -0.25) is 9.59 Å². The third-order valence-corrected chi connectivity index (χ3v) is 4.79. The number of rotatable bonds is 27. The SMILES string of the molecule is CCOc1cccc(C(=O)NCCOCCOCCOCCOCCOCCOCCOCCNC(C)=O)c1. The summed E-state index contributed by atoms with van der Waals surface area (Å²) in [5.74, 6) is 0.450. The van der Waals surface area contributed by atoms with Gasteiger partial charge in [0.2, 0.25) is 5.91 Å². The van der Waals surface area contributed by atoms with Gasteiger partial charge in [0.15, 0.2) is 0 Å². The molecule has 0 bridgehead atoms. The minimum absolute atomic E-state index is 0.0643. The zero-order valence-electron chi connectivity index (χ0n) is 23.4. The highest BCUT2D eigenvalue weighted by atomic mass is 16.6. The van der Waals surface area contributed by atoms with Crippen LogP contribution >= 0.6 is 0 Å². The largest absolute Gasteiger partial charge is 0.494 e. The van der Waals surface area contributed by atoms with Gasteiger partial charge in [-0.1, -0.05) is 6.07 Å². The standard InChI is InChI=1S/C27H46N2O10/c1-3-39-26-6-4-5-25(23-26)27(31)29-8-10-33-12-14-35-16-18-37-20-22-38-21-19-36-17-15-34-13-11-32-9-7-28-24(2)30/h4-6,23H,3,7-22H2,1-2H3,(H,28,30)(H,29,31). The smallest absolute Gasteiger partial charge is 0.251 e. The molecule has 39 heavy (non-hydrogen) atoms. The Bertz CT molecular complexity index is 738. The number of benzene rings is 1. The third-order valence-electron chi connectivity index (χ3n) is 4.79. The van der Waals surface area contributed by atoms with Crippen molar-refractivity contribution in [2.45, 2.75) is 13.8 Å². The fourth-order valence-electron chi connectivity index (χ4n) is 2.95. The third kappa shape index (κ3) is 22.2. The molecule has 0 fully saturated rings. The number of hydrogen-bond acceptors (Lipinski definition) is 10. The molecule has 0 radical (unpaired) electrons. The van der Waals surface area contributed by atoms with Crippen molar-refractivity contribution < 1.29 is 47.5 Å². The number of amides is 2. The highest BCUT2D eigenvalue weighted by Gasteiger charge is 2.06. The molecular weight excluding hydrogens is 512 g/mol. The van der Waals surface area contributed by atoms with E-state index >= 15 is 0 Å². The predicted molar refractivity (Wildman–Crippen MR) is 144 cm³/mol. The van der Waals surface area contributed by atoms with Crippen LogP contribution in [0.25, 0.3) is 0 Å². The van der Waals surface area contributed by atoms with Crippen molar-refractivity contribution in [3.8, 4) is 5.75 Å². The Morgan fingerprint density at radius 2 is 1.03 bits per heavy atom. The quantitative estimate of drug-likeness (QED) is 0.151. The molecule has 0 aromatic heterocycles. The van der Waals surface area contributed by atoms with Gasteiger partial charge in [-0.2, -0.15) is 0 Å². The van der Waals surface area contributed by atoms with E-state index in [9.17, 15) is 9.59 Å². The van der Waals surface area contributed by atoms with Crippen molar-refractivity contribution in [2.75, 3.05) is 112 Å². The molecule has 1 rings (SSSR count). The van der Waals surface area contributed by atoms with Gasteiger partial charge in [0.1, 0.15) is 5.75 Å². The topological polar surface area (TPSA) is 132 Å². The number of carbonyl (C=O) groups excluding carboxylic acids is 2. The first-order valence-electron chi connectivity index (χ1n) is 13.4. The summed E-state index contributed by atoms with van der Waals surface area (Å²) >= 11 is 0. The molecule has 12 heteroatoms. The van der Waals surface area contributed by atoms with E-state index in [1.165, 1.54) is 6.92 Å². The van der Waals surface area contributed by atoms with Crippen LogP contribution in [0, 0.1) is 0 Å². The number of ether oxygens (including phenoxy) is 8. The molecule has 0 aliphatic carbocycles. The van der Waals surface area contributed by atoms with Crippen molar-refractivity contribution in [1.29, 1.82) is 0 Å². The van der Waals surface area contributed by atoms with E-state index < -0.39 is 0 Å². The van der Waals surface area contributed by atoms with Gasteiger partial charge in [0.05, 0.1) is 99.1 Å². The van der Waals surface area contributed by atoms with E-state index in [4.69, 9.17) is 37.9 Å². The average Bonchev–Trinajstić information content (AvgIpc) is 2.93. The van der Waals surface area contributed by atoms with Gasteiger partial charge < -0.3 is 48.5 Å². The normalized spacial score (nSPS) is 10.9. The summed E-state index contributed by atoms with van der Waals surface area (Å²) in [6.07, 6.45) is 0. The van der Waals surface area contributed by atoms with Crippen molar-refractivity contribution in [1.82, 2.24) is 10.6 Å². The zero-order valence-corrected chi connectivity index (χ0v) is 23.4. The molecule has 0 unspecified atom stereocenters. The second kappa shape index (κ2) is 25.9. The van der Waals surface area contributed by atoms with Crippen LogP contribution in [0.15, 0.2) is 24.3 Å². The Labute approximate surface area is 231 Å². The molecule has 0 aliphatic rings. The molecule has 0 heterocycles. The maximum atomic E-state index is 12.1. The predicted octanol–water partition coefficient (Wildman–Crippen LogP) is 1.07. The fourth-order valence-corrected chi connectivity index (χ4v) is 2.95. The van der Waals surface area contributed by atoms with Gasteiger partial charge in [-0.05, 0) is 25.1 Å². The Kier molecular flexibility index (Phi) is 23.1. The van der Waals surface area contributed by atoms with Crippen molar-refractivity contribution in [2.24, 2.45) is 0 Å². The van der Waals surface area contributed by atoms with E-state index in [2.05, 4.69) is 10.6 Å². The summed E-state index contributed by atoms with van der Waals surface area (Å²) in [5, 5.41) is 5.47. The molecule has 1 aromatic carbocycles. The lowest BCUT2D eigenvalue weighted by molar-refractivity contribution is -0.119. The van der Waals surface area contributed by atoms with E-state index in [0.717, 1.165) is 0 Å². The lowest BCUT2D eigenvalue weighted by Gasteiger charge is -2.09. The van der Waals surface area contributed by atoms with Crippen LogP contribution in [-0.4, -0.2) is 124 Å². The Morgan fingerprint density at radius 3 is 1.44 bits per heavy atom. The molecule has 0 saturated heterocycles. The summed E-state index contributed by atoms with van der Waals surface area (Å²) in [5.41, 5.74) is 0.556. The van der Waals surface area contributed by atoms with E-state index in [-0.39, 0.29) is 11.8 Å². The maximum absolute atomic E-state index is 12.1. The molecule has 0 aliphatic heterocycles. The van der Waals surface area contributed by atoms with Crippen LogP contribution in [0.3, 0.4) is 0 Å². The van der Waals surface area contributed by atoms with Gasteiger partial charge in [-0.15, -0.1) is 0 Å². The number of carbonyl (C=O) groups is 2. The Balaban J connectivity index is 1.74. The van der Waals surface area contributed by atoms with E-state index in [0.29, 0.717) is 124 Å². The second-order valence-corrected chi connectivity index (χ2v) is 7.99. The molecule has 224 valence electrons. The number of hydrogen-bond donors (Lipinski definition) is 2. The second-order valence-electron chi connectivity index (χ2n) is 7.99. The fraction of sp³-hybridized carbons (Fsp3) is 0.704. The van der Waals surface area contributed by atoms with Crippen LogP contribution < -0.4 is 15.4 Å². The number of nitrogens with one attached hydrogen (secondary N) is 2. The van der Waals surface area contributed by atoms with Crippen molar-refractivity contribution >= 4 is 11.8 Å². The Hall–Kier alpha value is -2.32. The van der Waals surface area contributed by atoms with E-state index in [1.54, 1.807) is 18.2 Å². The Morgan fingerprint density at radius 1 is 0.615 bits per heavy atom. The van der Waals surface area contributed by atoms with E-state index in [1.807, 2.05) is 13.0 Å². The van der Waals surface area contributed by atoms with Gasteiger partial charge >= 0.3 is 0 Å². The molecule has 2 N–H and O–H groups in total. The van der Waals surface area contributed by atoms with Crippen LogP contribution in [0.5, 0.6) is 5.75 Å². The van der Waals surface area contributed by atoms with Crippen molar-refractivity contribution in [3.63, 3.8) is 0 Å². The van der Waals surface area contributed by atoms with Crippen LogP contribution in [-0.2, 0) is 38.0 Å². The lowest BCUT2D eigenvalue weighted by atomic mass is 10.2. The van der Waals surface area contributed by atoms with Gasteiger partial charge in [0.25, 0.3) is 5.91 Å². The minimum atomic E-state index is -0.162. The minimum Gasteiger partial charge on any atom is -0.494 e. The summed E-state index contributed by atoms with van der Waals surface area (Å²) in [7, 11) is 0. The molecule has 2 amide bonds. The first-order valence-corrected chi connectivity index (χ1v) is 13.4. The molecule has 0 saturated carbocycles. The summed E-state index contributed by atoms with van der Waals surface area (Å²) < 4.78 is 43.3. The monoisotopic (exact) mass is 558 g/mol.